The van der Waals surface area contributed by atoms with Gasteiger partial charge in [0.2, 0.25) is 0 Å². The number of nitrogens with one attached hydrogen (secondary N) is 2. The molecule has 1 aromatic carbocycles. The molecule has 0 bridgehead atoms. The number of anilines is 1. The van der Waals surface area contributed by atoms with Gasteiger partial charge >= 0.3 is 0 Å². The van der Waals surface area contributed by atoms with E-state index in [2.05, 4.69) is 43.8 Å². The molecule has 0 unspecified atom stereocenters. The first kappa shape index (κ1) is 14.8. The van der Waals surface area contributed by atoms with Gasteiger partial charge in [0.15, 0.2) is 0 Å². The lowest BCUT2D eigenvalue weighted by atomic mass is 10.2. The van der Waals surface area contributed by atoms with Crippen molar-refractivity contribution >= 4 is 28.2 Å². The minimum Gasteiger partial charge on any atom is -0.369 e. The van der Waals surface area contributed by atoms with E-state index >= 15 is 0 Å². The van der Waals surface area contributed by atoms with Crippen LogP contribution < -0.4 is 5.32 Å². The number of thiazole rings is 1. The van der Waals surface area contributed by atoms with Gasteiger partial charge in [-0.15, -0.1) is 11.3 Å². The zero-order valence-electron chi connectivity index (χ0n) is 13.3. The lowest BCUT2D eigenvalue weighted by molar-refractivity contribution is 0.989. The maximum Gasteiger partial charge on any atom is 0.143 e. The van der Waals surface area contributed by atoms with Crippen LogP contribution >= 0.6 is 11.3 Å². The highest BCUT2D eigenvalue weighted by Gasteiger charge is 2.07. The number of hydrogen-bond donors (Lipinski definition) is 2. The number of hydrogen-bond acceptors (Lipinski definition) is 5. The maximum absolute atomic E-state index is 4.72. The topological polar surface area (TPSA) is 66.5 Å². The number of aryl methyl sites for hydroxylation is 1. The molecule has 0 aliphatic rings. The first-order valence-electron chi connectivity index (χ1n) is 7.83. The highest BCUT2D eigenvalue weighted by atomic mass is 32.1. The van der Waals surface area contributed by atoms with E-state index in [0.29, 0.717) is 0 Å². The molecule has 0 aliphatic heterocycles. The number of rotatable bonds is 5. The van der Waals surface area contributed by atoms with E-state index in [-0.39, 0.29) is 0 Å². The first-order chi connectivity index (χ1) is 11.8. The van der Waals surface area contributed by atoms with Gasteiger partial charge < -0.3 is 10.3 Å². The molecule has 0 atom stereocenters. The molecule has 4 aromatic rings. The van der Waals surface area contributed by atoms with E-state index in [9.17, 15) is 0 Å². The maximum atomic E-state index is 4.72. The smallest absolute Gasteiger partial charge is 0.143 e. The van der Waals surface area contributed by atoms with Crippen LogP contribution in [0.4, 0.5) is 5.82 Å². The van der Waals surface area contributed by atoms with Crippen LogP contribution in [0.25, 0.3) is 22.3 Å². The van der Waals surface area contributed by atoms with Gasteiger partial charge in [-0.25, -0.2) is 15.0 Å². The molecule has 6 heteroatoms. The number of H-pyrrole nitrogens is 1. The molecular weight excluding hydrogens is 318 g/mol. The van der Waals surface area contributed by atoms with Crippen LogP contribution in [0.2, 0.25) is 0 Å². The Kier molecular flexibility index (Phi) is 3.96. The molecule has 2 N–H and O–H groups in total. The van der Waals surface area contributed by atoms with Crippen LogP contribution in [-0.4, -0.2) is 26.5 Å². The van der Waals surface area contributed by atoms with Gasteiger partial charge in [0.1, 0.15) is 17.8 Å². The summed E-state index contributed by atoms with van der Waals surface area (Å²) in [6, 6.07) is 12.3. The molecule has 5 nitrogen and oxygen atoms in total. The van der Waals surface area contributed by atoms with Crippen molar-refractivity contribution in [3.63, 3.8) is 0 Å². The number of nitrogens with zero attached hydrogens (tertiary/aromatic N) is 3. The lowest BCUT2D eigenvalue weighted by Gasteiger charge is -2.04. The summed E-state index contributed by atoms with van der Waals surface area (Å²) in [4.78, 5) is 16.5. The van der Waals surface area contributed by atoms with Crippen LogP contribution in [0.15, 0.2) is 48.1 Å². The van der Waals surface area contributed by atoms with Crippen LogP contribution in [0.1, 0.15) is 10.7 Å². The van der Waals surface area contributed by atoms with Crippen molar-refractivity contribution in [2.24, 2.45) is 0 Å². The van der Waals surface area contributed by atoms with Crippen LogP contribution in [-0.2, 0) is 6.42 Å². The van der Waals surface area contributed by atoms with Crippen LogP contribution in [0.5, 0.6) is 0 Å². The van der Waals surface area contributed by atoms with Crippen molar-refractivity contribution in [3.05, 3.63) is 58.8 Å². The molecule has 0 spiro atoms. The Morgan fingerprint density at radius 1 is 1.17 bits per heavy atom. The standard InChI is InChI=1S/C18H17N5S/c1-12-9-14-17(20-11-21-18(14)22-12)19-8-7-16-23-15(10-24-16)13-5-3-2-4-6-13/h2-6,9-11H,7-8H2,1H3,(H2,19,20,21,22). The first-order valence-corrected chi connectivity index (χ1v) is 8.71. The van der Waals surface area contributed by atoms with Gasteiger partial charge in [0.25, 0.3) is 0 Å². The lowest BCUT2D eigenvalue weighted by Crippen LogP contribution is -2.06. The third kappa shape index (κ3) is 3.00. The number of aromatic amines is 1. The van der Waals surface area contributed by atoms with Gasteiger partial charge in [-0.3, -0.25) is 0 Å². The summed E-state index contributed by atoms with van der Waals surface area (Å²) in [6.07, 6.45) is 2.45. The summed E-state index contributed by atoms with van der Waals surface area (Å²) < 4.78 is 0. The van der Waals surface area contributed by atoms with Gasteiger partial charge in [0.05, 0.1) is 16.1 Å². The molecule has 0 aliphatic carbocycles. The fraction of sp³-hybridized carbons (Fsp3) is 0.167. The molecule has 0 fully saturated rings. The third-order valence-electron chi connectivity index (χ3n) is 3.81. The summed E-state index contributed by atoms with van der Waals surface area (Å²) in [6.45, 7) is 2.81. The van der Waals surface area contributed by atoms with Crippen molar-refractivity contribution in [2.45, 2.75) is 13.3 Å². The molecule has 0 saturated heterocycles. The Bertz CT molecular complexity index is 958. The summed E-state index contributed by atoms with van der Waals surface area (Å²) >= 11 is 1.70. The molecule has 24 heavy (non-hydrogen) atoms. The summed E-state index contributed by atoms with van der Waals surface area (Å²) in [5.41, 5.74) is 4.15. The minimum atomic E-state index is 0.790. The second-order valence-corrected chi connectivity index (χ2v) is 6.55. The van der Waals surface area contributed by atoms with Crippen molar-refractivity contribution in [1.29, 1.82) is 0 Å². The number of fused-ring (bicyclic) bond motifs is 1. The van der Waals surface area contributed by atoms with Gasteiger partial charge in [-0.1, -0.05) is 30.3 Å². The second kappa shape index (κ2) is 6.41. The highest BCUT2D eigenvalue weighted by Crippen LogP contribution is 2.23. The largest absolute Gasteiger partial charge is 0.369 e. The Hall–Kier alpha value is -2.73. The Balaban J connectivity index is 1.43. The Morgan fingerprint density at radius 2 is 2.04 bits per heavy atom. The van der Waals surface area contributed by atoms with E-state index in [1.54, 1.807) is 17.7 Å². The van der Waals surface area contributed by atoms with E-state index < -0.39 is 0 Å². The number of aromatic nitrogens is 4. The molecule has 120 valence electrons. The van der Waals surface area contributed by atoms with Crippen molar-refractivity contribution < 1.29 is 0 Å². The van der Waals surface area contributed by atoms with Gasteiger partial charge in [-0.2, -0.15) is 0 Å². The monoisotopic (exact) mass is 335 g/mol. The molecule has 4 rings (SSSR count). The van der Waals surface area contributed by atoms with Crippen molar-refractivity contribution in [1.82, 2.24) is 19.9 Å². The minimum absolute atomic E-state index is 0.790. The fourth-order valence-corrected chi connectivity index (χ4v) is 3.47. The average molecular weight is 335 g/mol. The predicted molar refractivity (Wildman–Crippen MR) is 98.4 cm³/mol. The van der Waals surface area contributed by atoms with E-state index in [0.717, 1.165) is 51.8 Å². The zero-order valence-corrected chi connectivity index (χ0v) is 14.1. The third-order valence-corrected chi connectivity index (χ3v) is 4.72. The van der Waals surface area contributed by atoms with Gasteiger partial charge in [-0.05, 0) is 13.0 Å². The van der Waals surface area contributed by atoms with Crippen LogP contribution in [0.3, 0.4) is 0 Å². The van der Waals surface area contributed by atoms with E-state index in [4.69, 9.17) is 4.98 Å². The summed E-state index contributed by atoms with van der Waals surface area (Å²) in [7, 11) is 0. The Labute approximate surface area is 143 Å². The second-order valence-electron chi connectivity index (χ2n) is 5.61. The molecule has 3 heterocycles. The van der Waals surface area contributed by atoms with Crippen molar-refractivity contribution in [2.75, 3.05) is 11.9 Å². The predicted octanol–water partition coefficient (Wildman–Crippen LogP) is 4.04. The van der Waals surface area contributed by atoms with Crippen molar-refractivity contribution in [3.8, 4) is 11.3 Å². The fourth-order valence-electron chi connectivity index (χ4n) is 2.67. The van der Waals surface area contributed by atoms with Crippen LogP contribution in [0, 0.1) is 6.92 Å². The zero-order chi connectivity index (χ0) is 16.4. The summed E-state index contributed by atoms with van der Waals surface area (Å²) in [5.74, 6) is 0.865. The normalized spacial score (nSPS) is 11.0. The molecular formula is C18H17N5S. The number of benzene rings is 1. The highest BCUT2D eigenvalue weighted by molar-refractivity contribution is 7.09. The quantitative estimate of drug-likeness (QED) is 0.577. The Morgan fingerprint density at radius 3 is 2.92 bits per heavy atom. The molecule has 3 aromatic heterocycles. The average Bonchev–Trinajstić information content (AvgIpc) is 3.22. The molecule has 0 saturated carbocycles. The van der Waals surface area contributed by atoms with E-state index in [1.165, 1.54) is 0 Å². The molecule has 0 amide bonds. The van der Waals surface area contributed by atoms with Gasteiger partial charge in [0, 0.05) is 29.6 Å². The summed E-state index contributed by atoms with van der Waals surface area (Å²) in [5, 5.41) is 7.66. The molecule has 0 radical (unpaired) electrons. The van der Waals surface area contributed by atoms with E-state index in [1.807, 2.05) is 25.1 Å². The SMILES string of the molecule is Cc1cc2c(NCCc3nc(-c4ccccc4)cs3)ncnc2[nH]1.